The predicted molar refractivity (Wildman–Crippen MR) is 69.3 cm³/mol. The van der Waals surface area contributed by atoms with E-state index in [2.05, 4.69) is 4.98 Å². The van der Waals surface area contributed by atoms with Gasteiger partial charge in [0.15, 0.2) is 0 Å². The highest BCUT2D eigenvalue weighted by atomic mass is 16.5. The molecule has 0 saturated heterocycles. The van der Waals surface area contributed by atoms with E-state index in [0.29, 0.717) is 12.3 Å². The van der Waals surface area contributed by atoms with Gasteiger partial charge in [0.2, 0.25) is 0 Å². The van der Waals surface area contributed by atoms with Crippen molar-refractivity contribution in [2.24, 2.45) is 0 Å². The highest BCUT2D eigenvalue weighted by Crippen LogP contribution is 2.37. The van der Waals surface area contributed by atoms with Crippen molar-refractivity contribution in [1.82, 2.24) is 9.55 Å². The van der Waals surface area contributed by atoms with Crippen LogP contribution in [0.2, 0.25) is 0 Å². The maximum Gasteiger partial charge on any atom is 0.335 e. The van der Waals surface area contributed by atoms with Gasteiger partial charge in [-0.3, -0.25) is 0 Å². The van der Waals surface area contributed by atoms with E-state index in [-0.39, 0.29) is 11.2 Å². The lowest BCUT2D eigenvalue weighted by Gasteiger charge is -2.25. The summed E-state index contributed by atoms with van der Waals surface area (Å²) < 4.78 is 7.96. The van der Waals surface area contributed by atoms with Gasteiger partial charge in [-0.1, -0.05) is 0 Å². The highest BCUT2D eigenvalue weighted by Gasteiger charge is 2.28. The fraction of sp³-hybridized carbons (Fsp3) is 0.286. The molecule has 2 heterocycles. The van der Waals surface area contributed by atoms with E-state index in [4.69, 9.17) is 9.84 Å². The first-order valence-electron chi connectivity index (χ1n) is 6.03. The third-order valence-electron chi connectivity index (χ3n) is 3.15. The zero-order chi connectivity index (χ0) is 13.6. The minimum Gasteiger partial charge on any atom is -0.485 e. The van der Waals surface area contributed by atoms with Crippen molar-refractivity contribution >= 4 is 5.97 Å². The molecule has 0 atom stereocenters. The molecule has 2 aromatic rings. The van der Waals surface area contributed by atoms with Crippen LogP contribution in [0.3, 0.4) is 0 Å². The van der Waals surface area contributed by atoms with Gasteiger partial charge in [0.05, 0.1) is 30.3 Å². The molecule has 0 unspecified atom stereocenters. The number of aromatic nitrogens is 2. The van der Waals surface area contributed by atoms with Gasteiger partial charge in [-0.25, -0.2) is 9.78 Å². The lowest BCUT2D eigenvalue weighted by molar-refractivity contribution is 0.0697. The van der Waals surface area contributed by atoms with E-state index in [1.807, 2.05) is 18.4 Å². The topological polar surface area (TPSA) is 64.4 Å². The predicted octanol–water partition coefficient (Wildman–Crippen LogP) is 2.42. The molecule has 0 spiro atoms. The van der Waals surface area contributed by atoms with E-state index in [9.17, 15) is 4.79 Å². The first-order valence-corrected chi connectivity index (χ1v) is 6.03. The number of hydrogen-bond acceptors (Lipinski definition) is 3. The Balaban J connectivity index is 2.24. The van der Waals surface area contributed by atoms with Gasteiger partial charge in [0, 0.05) is 5.56 Å². The Bertz CT molecular complexity index is 658. The Morgan fingerprint density at radius 1 is 1.47 bits per heavy atom. The molecule has 1 aliphatic rings. The smallest absolute Gasteiger partial charge is 0.335 e. The van der Waals surface area contributed by atoms with Crippen molar-refractivity contribution < 1.29 is 14.6 Å². The number of carbonyl (C=O) groups is 1. The molecule has 5 heteroatoms. The molecule has 0 radical (unpaired) electrons. The highest BCUT2D eigenvalue weighted by molar-refractivity contribution is 5.90. The summed E-state index contributed by atoms with van der Waals surface area (Å²) in [5, 5.41) is 9.09. The lowest BCUT2D eigenvalue weighted by atomic mass is 10.1. The van der Waals surface area contributed by atoms with Crippen molar-refractivity contribution in [3.8, 4) is 17.0 Å². The van der Waals surface area contributed by atoms with E-state index in [0.717, 1.165) is 11.3 Å². The van der Waals surface area contributed by atoms with Gasteiger partial charge >= 0.3 is 5.97 Å². The quantitative estimate of drug-likeness (QED) is 0.853. The Kier molecular flexibility index (Phi) is 2.38. The molecule has 1 aromatic heterocycles. The number of carboxylic acids is 1. The van der Waals surface area contributed by atoms with Crippen LogP contribution in [-0.4, -0.2) is 26.2 Å². The summed E-state index contributed by atoms with van der Waals surface area (Å²) >= 11 is 0. The number of nitrogens with zero attached hydrogens (tertiary/aromatic N) is 2. The fourth-order valence-electron chi connectivity index (χ4n) is 2.36. The van der Waals surface area contributed by atoms with Crippen molar-refractivity contribution in [2.75, 3.05) is 0 Å². The van der Waals surface area contributed by atoms with Crippen molar-refractivity contribution in [1.29, 1.82) is 0 Å². The molecule has 0 aliphatic carbocycles. The van der Waals surface area contributed by atoms with Crippen LogP contribution >= 0.6 is 0 Å². The molecule has 1 aliphatic heterocycles. The molecule has 0 fully saturated rings. The second-order valence-electron chi connectivity index (χ2n) is 5.28. The lowest BCUT2D eigenvalue weighted by Crippen LogP contribution is -2.32. The number of imidazole rings is 1. The minimum atomic E-state index is -0.947. The Hall–Kier alpha value is -2.30. The summed E-state index contributed by atoms with van der Waals surface area (Å²) in [4.78, 5) is 15.2. The number of rotatable bonds is 1. The molecule has 5 nitrogen and oxygen atoms in total. The average molecular weight is 258 g/mol. The van der Waals surface area contributed by atoms with Gasteiger partial charge < -0.3 is 14.4 Å². The number of ether oxygens (including phenoxy) is 1. The van der Waals surface area contributed by atoms with E-state index in [1.54, 1.807) is 30.7 Å². The van der Waals surface area contributed by atoms with Crippen LogP contribution in [0.4, 0.5) is 0 Å². The van der Waals surface area contributed by atoms with Crippen molar-refractivity contribution in [3.05, 3.63) is 36.3 Å². The van der Waals surface area contributed by atoms with Gasteiger partial charge in [-0.05, 0) is 32.0 Å². The fourth-order valence-corrected chi connectivity index (χ4v) is 2.36. The summed E-state index contributed by atoms with van der Waals surface area (Å²) in [6.45, 7) is 4.66. The summed E-state index contributed by atoms with van der Waals surface area (Å²) in [6.07, 6.45) is 3.47. The van der Waals surface area contributed by atoms with E-state index < -0.39 is 5.97 Å². The van der Waals surface area contributed by atoms with E-state index >= 15 is 0 Å². The molecule has 0 bridgehead atoms. The molecule has 3 rings (SSSR count). The largest absolute Gasteiger partial charge is 0.485 e. The number of benzene rings is 1. The Morgan fingerprint density at radius 2 is 2.26 bits per heavy atom. The normalized spacial score (nSPS) is 15.9. The van der Waals surface area contributed by atoms with Crippen LogP contribution in [0.25, 0.3) is 11.3 Å². The second-order valence-corrected chi connectivity index (χ2v) is 5.28. The summed E-state index contributed by atoms with van der Waals surface area (Å²) in [5.74, 6) is -0.258. The van der Waals surface area contributed by atoms with E-state index in [1.165, 1.54) is 0 Å². The zero-order valence-electron chi connectivity index (χ0n) is 10.8. The van der Waals surface area contributed by atoms with Crippen LogP contribution in [0.5, 0.6) is 5.75 Å². The molecular formula is C14H14N2O3. The first kappa shape index (κ1) is 11.8. The zero-order valence-corrected chi connectivity index (χ0v) is 10.8. The third kappa shape index (κ3) is 1.97. The summed E-state index contributed by atoms with van der Waals surface area (Å²) in [5.41, 5.74) is 1.52. The van der Waals surface area contributed by atoms with Crippen LogP contribution in [0.1, 0.15) is 24.2 Å². The average Bonchev–Trinajstić information content (AvgIpc) is 2.72. The second kappa shape index (κ2) is 3.85. The number of carboxylic acid groups (broad SMARTS) is 1. The number of fused-ring (bicyclic) bond motifs is 3. The maximum absolute atomic E-state index is 11.1. The summed E-state index contributed by atoms with van der Waals surface area (Å²) in [7, 11) is 0. The molecule has 1 N–H and O–H groups in total. The van der Waals surface area contributed by atoms with Gasteiger partial charge in [0.1, 0.15) is 11.4 Å². The van der Waals surface area contributed by atoms with Crippen LogP contribution < -0.4 is 4.74 Å². The van der Waals surface area contributed by atoms with Crippen LogP contribution in [0, 0.1) is 0 Å². The van der Waals surface area contributed by atoms with Crippen molar-refractivity contribution in [2.45, 2.75) is 26.0 Å². The Morgan fingerprint density at radius 3 is 3.00 bits per heavy atom. The molecule has 0 amide bonds. The molecular weight excluding hydrogens is 244 g/mol. The third-order valence-corrected chi connectivity index (χ3v) is 3.15. The van der Waals surface area contributed by atoms with Gasteiger partial charge in [-0.15, -0.1) is 0 Å². The van der Waals surface area contributed by atoms with Gasteiger partial charge in [-0.2, -0.15) is 0 Å². The number of hydrogen-bond donors (Lipinski definition) is 1. The summed E-state index contributed by atoms with van der Waals surface area (Å²) in [6, 6.07) is 4.90. The van der Waals surface area contributed by atoms with Gasteiger partial charge in [0.25, 0.3) is 0 Å². The van der Waals surface area contributed by atoms with Crippen LogP contribution in [0.15, 0.2) is 30.7 Å². The van der Waals surface area contributed by atoms with Crippen LogP contribution in [-0.2, 0) is 6.54 Å². The monoisotopic (exact) mass is 258 g/mol. The minimum absolute atomic E-state index is 0.245. The first-order chi connectivity index (χ1) is 8.96. The molecule has 1 aromatic carbocycles. The SMILES string of the molecule is CC1(C)Cn2cncc2-c2cc(C(=O)O)ccc2O1. The number of aromatic carboxylic acids is 1. The molecule has 19 heavy (non-hydrogen) atoms. The molecule has 98 valence electrons. The molecule has 0 saturated carbocycles. The Labute approximate surface area is 110 Å². The van der Waals surface area contributed by atoms with Crippen molar-refractivity contribution in [3.63, 3.8) is 0 Å². The maximum atomic E-state index is 11.1. The standard InChI is InChI=1S/C14H14N2O3/c1-14(2)7-16-8-15-6-11(16)10-5-9(13(17)18)3-4-12(10)19-14/h3-6,8H,7H2,1-2H3,(H,17,18).